The number of nitrogens with one attached hydrogen (secondary N) is 1. The molecule has 0 aromatic rings. The Morgan fingerprint density at radius 2 is 1.85 bits per heavy atom. The van der Waals surface area contributed by atoms with E-state index in [2.05, 4.69) is 5.32 Å². The van der Waals surface area contributed by atoms with Gasteiger partial charge in [-0.15, -0.1) is 0 Å². The van der Waals surface area contributed by atoms with Crippen molar-refractivity contribution in [3.63, 3.8) is 0 Å². The molecule has 2 bridgehead atoms. The molecule has 0 aromatic heterocycles. The van der Waals surface area contributed by atoms with Crippen LogP contribution in [0.1, 0.15) is 38.5 Å². The van der Waals surface area contributed by atoms with Gasteiger partial charge in [-0.05, 0) is 43.9 Å². The maximum absolute atomic E-state index is 9.48. The number of aliphatic hydroxyl groups excluding tert-OH is 1. The first-order valence-electron chi connectivity index (χ1n) is 5.77. The molecule has 3 rings (SSSR count). The molecule has 3 aliphatic carbocycles. The van der Waals surface area contributed by atoms with Crippen LogP contribution < -0.4 is 5.32 Å². The fourth-order valence-corrected chi connectivity index (χ4v) is 3.40. The summed E-state index contributed by atoms with van der Waals surface area (Å²) in [6, 6.07) is 1.18. The van der Waals surface area contributed by atoms with Gasteiger partial charge in [0.1, 0.15) is 0 Å². The molecule has 2 heteroatoms. The maximum Gasteiger partial charge on any atom is 0.0693 e. The first-order valence-corrected chi connectivity index (χ1v) is 5.77. The van der Waals surface area contributed by atoms with Gasteiger partial charge in [0.25, 0.3) is 0 Å². The van der Waals surface area contributed by atoms with Crippen LogP contribution in [0.25, 0.3) is 0 Å². The molecule has 0 aromatic carbocycles. The van der Waals surface area contributed by atoms with Crippen molar-refractivity contribution in [2.45, 2.75) is 56.7 Å². The first kappa shape index (κ1) is 8.25. The van der Waals surface area contributed by atoms with Crippen LogP contribution in [0.5, 0.6) is 0 Å². The van der Waals surface area contributed by atoms with Crippen LogP contribution in [0.15, 0.2) is 0 Å². The summed E-state index contributed by atoms with van der Waals surface area (Å²) < 4.78 is 0. The van der Waals surface area contributed by atoms with Gasteiger partial charge in [-0.2, -0.15) is 0 Å². The fourth-order valence-electron chi connectivity index (χ4n) is 3.40. The molecule has 3 saturated carbocycles. The van der Waals surface area contributed by atoms with Crippen molar-refractivity contribution in [2.24, 2.45) is 11.8 Å². The molecule has 0 amide bonds. The van der Waals surface area contributed by atoms with E-state index in [9.17, 15) is 5.11 Å². The molecule has 2 N–H and O–H groups in total. The Hall–Kier alpha value is -0.0800. The minimum atomic E-state index is -0.0425. The Balaban J connectivity index is 1.56. The van der Waals surface area contributed by atoms with E-state index in [0.29, 0.717) is 6.04 Å². The minimum absolute atomic E-state index is 0.0425. The predicted octanol–water partition coefficient (Wildman–Crippen LogP) is 1.29. The smallest absolute Gasteiger partial charge is 0.0693 e. The Morgan fingerprint density at radius 1 is 0.923 bits per heavy atom. The average Bonchev–Trinajstić information content (AvgIpc) is 2.72. The summed E-state index contributed by atoms with van der Waals surface area (Å²) in [5, 5.41) is 13.1. The summed E-state index contributed by atoms with van der Waals surface area (Å²) in [4.78, 5) is 0. The molecule has 74 valence electrons. The van der Waals surface area contributed by atoms with Crippen molar-refractivity contribution in [1.82, 2.24) is 5.32 Å². The van der Waals surface area contributed by atoms with E-state index in [0.717, 1.165) is 24.3 Å². The number of aliphatic hydroxyl groups is 1. The van der Waals surface area contributed by atoms with Crippen LogP contribution in [0.2, 0.25) is 0 Å². The van der Waals surface area contributed by atoms with Crippen molar-refractivity contribution in [3.05, 3.63) is 0 Å². The number of rotatable bonds is 2. The van der Waals surface area contributed by atoms with Gasteiger partial charge in [-0.3, -0.25) is 0 Å². The Labute approximate surface area is 79.7 Å². The topological polar surface area (TPSA) is 32.3 Å². The summed E-state index contributed by atoms with van der Waals surface area (Å²) in [7, 11) is 0. The molecule has 3 unspecified atom stereocenters. The molecule has 3 fully saturated rings. The molecule has 0 radical (unpaired) electrons. The third kappa shape index (κ3) is 1.31. The molecule has 0 aliphatic heterocycles. The van der Waals surface area contributed by atoms with Crippen LogP contribution >= 0.6 is 0 Å². The van der Waals surface area contributed by atoms with Crippen LogP contribution in [-0.2, 0) is 0 Å². The lowest BCUT2D eigenvalue weighted by Gasteiger charge is -2.37. The zero-order valence-corrected chi connectivity index (χ0v) is 8.08. The van der Waals surface area contributed by atoms with Gasteiger partial charge < -0.3 is 10.4 Å². The largest absolute Gasteiger partial charge is 0.392 e. The highest BCUT2D eigenvalue weighted by molar-refractivity contribution is 4.98. The summed E-state index contributed by atoms with van der Waals surface area (Å²) in [6.07, 6.45) is 7.91. The number of hydrogen-bond acceptors (Lipinski definition) is 2. The maximum atomic E-state index is 9.48. The van der Waals surface area contributed by atoms with Gasteiger partial charge in [-0.1, -0.05) is 6.42 Å². The van der Waals surface area contributed by atoms with Crippen LogP contribution in [0, 0.1) is 11.8 Å². The third-order valence-corrected chi connectivity index (χ3v) is 4.40. The van der Waals surface area contributed by atoms with Crippen molar-refractivity contribution < 1.29 is 5.11 Å². The van der Waals surface area contributed by atoms with Gasteiger partial charge in [0, 0.05) is 12.1 Å². The second-order valence-corrected chi connectivity index (χ2v) is 5.20. The third-order valence-electron chi connectivity index (χ3n) is 4.40. The molecule has 0 spiro atoms. The normalized spacial score (nSPS) is 53.8. The van der Waals surface area contributed by atoms with Gasteiger partial charge in [-0.25, -0.2) is 0 Å². The lowest BCUT2D eigenvalue weighted by molar-refractivity contribution is 0.0397. The lowest BCUT2D eigenvalue weighted by atomic mass is 9.86. The van der Waals surface area contributed by atoms with Gasteiger partial charge in [0.05, 0.1) is 6.10 Å². The molecular weight excluding hydrogens is 162 g/mol. The van der Waals surface area contributed by atoms with Gasteiger partial charge in [0.2, 0.25) is 0 Å². The van der Waals surface area contributed by atoms with Crippen LogP contribution in [-0.4, -0.2) is 23.3 Å². The highest BCUT2D eigenvalue weighted by Crippen LogP contribution is 2.45. The van der Waals surface area contributed by atoms with Crippen molar-refractivity contribution in [1.29, 1.82) is 0 Å². The zero-order chi connectivity index (χ0) is 8.84. The fraction of sp³-hybridized carbons (Fsp3) is 1.00. The van der Waals surface area contributed by atoms with E-state index in [4.69, 9.17) is 0 Å². The lowest BCUT2D eigenvalue weighted by Crippen LogP contribution is -2.53. The summed E-state index contributed by atoms with van der Waals surface area (Å²) in [6.45, 7) is 0. The van der Waals surface area contributed by atoms with E-state index in [1.165, 1.54) is 32.1 Å². The summed E-state index contributed by atoms with van der Waals surface area (Å²) in [5.41, 5.74) is 0. The molecule has 0 heterocycles. The molecule has 13 heavy (non-hydrogen) atoms. The van der Waals surface area contributed by atoms with E-state index >= 15 is 0 Å². The van der Waals surface area contributed by atoms with Gasteiger partial charge in [0.15, 0.2) is 0 Å². The second-order valence-electron chi connectivity index (χ2n) is 5.20. The molecule has 0 saturated heterocycles. The molecule has 5 atom stereocenters. The van der Waals surface area contributed by atoms with Gasteiger partial charge >= 0.3 is 0 Å². The van der Waals surface area contributed by atoms with E-state index in [1.807, 2.05) is 0 Å². The Bertz CT molecular complexity index is 206. The van der Waals surface area contributed by atoms with Crippen molar-refractivity contribution in [2.75, 3.05) is 0 Å². The van der Waals surface area contributed by atoms with Crippen molar-refractivity contribution >= 4 is 0 Å². The van der Waals surface area contributed by atoms with Crippen LogP contribution in [0.3, 0.4) is 0 Å². The van der Waals surface area contributed by atoms with E-state index in [-0.39, 0.29) is 6.10 Å². The van der Waals surface area contributed by atoms with Crippen molar-refractivity contribution in [3.8, 4) is 0 Å². The Kier molecular flexibility index (Phi) is 1.88. The zero-order valence-electron chi connectivity index (χ0n) is 8.08. The number of fused-ring (bicyclic) bond motifs is 2. The highest BCUT2D eigenvalue weighted by atomic mass is 16.3. The standard InChI is InChI=1S/C11H19NO/c13-11-4-3-9(11)12-10-6-7-1-2-8(10)5-7/h7-13H,1-6H2/t7?,8?,9-,10?,11-/m1/s1. The first-order chi connectivity index (χ1) is 6.33. The highest BCUT2D eigenvalue weighted by Gasteiger charge is 2.42. The van der Waals surface area contributed by atoms with E-state index in [1.54, 1.807) is 0 Å². The average molecular weight is 181 g/mol. The monoisotopic (exact) mass is 181 g/mol. The number of hydrogen-bond donors (Lipinski definition) is 2. The molecular formula is C11H19NO. The molecule has 2 nitrogen and oxygen atoms in total. The summed E-state index contributed by atoms with van der Waals surface area (Å²) in [5.74, 6) is 1.96. The predicted molar refractivity (Wildman–Crippen MR) is 51.4 cm³/mol. The summed E-state index contributed by atoms with van der Waals surface area (Å²) >= 11 is 0. The quantitative estimate of drug-likeness (QED) is 0.673. The molecule has 3 aliphatic rings. The SMILES string of the molecule is O[C@@H]1CC[C@H]1NC1CC2CCC1C2. The van der Waals surface area contributed by atoms with E-state index < -0.39 is 0 Å². The van der Waals surface area contributed by atoms with Crippen LogP contribution in [0.4, 0.5) is 0 Å². The Morgan fingerprint density at radius 3 is 2.31 bits per heavy atom. The minimum Gasteiger partial charge on any atom is -0.392 e. The second kappa shape index (κ2) is 2.96.